The van der Waals surface area contributed by atoms with Gasteiger partial charge in [0.15, 0.2) is 0 Å². The lowest BCUT2D eigenvalue weighted by atomic mass is 10.2. The Morgan fingerprint density at radius 1 is 1.00 bits per heavy atom. The highest BCUT2D eigenvalue weighted by Gasteiger charge is 2.14. The molecule has 7 nitrogen and oxygen atoms in total. The summed E-state index contributed by atoms with van der Waals surface area (Å²) in [6.45, 7) is 1.87. The van der Waals surface area contributed by atoms with Crippen LogP contribution in [0.15, 0.2) is 78.0 Å². The van der Waals surface area contributed by atoms with Gasteiger partial charge in [-0.3, -0.25) is 9.59 Å². The summed E-state index contributed by atoms with van der Waals surface area (Å²) in [4.78, 5) is 28.9. The summed E-state index contributed by atoms with van der Waals surface area (Å²) in [5, 5.41) is 8.27. The molecular formula is C24H21F2N3O4. The maximum atomic E-state index is 13.5. The van der Waals surface area contributed by atoms with Crippen LogP contribution in [-0.4, -0.2) is 24.1 Å². The van der Waals surface area contributed by atoms with Crippen LogP contribution in [0.3, 0.4) is 0 Å². The average Bonchev–Trinajstić information content (AvgIpc) is 2.81. The summed E-state index contributed by atoms with van der Waals surface area (Å²) in [7, 11) is 0. The maximum Gasteiger partial charge on any atom is 0.270 e. The third-order valence-electron chi connectivity index (χ3n) is 4.32. The first-order valence-corrected chi connectivity index (χ1v) is 9.93. The van der Waals surface area contributed by atoms with Gasteiger partial charge in [0.25, 0.3) is 11.8 Å². The standard InChI is InChI=1S/C24H21F2N3O4/c1-16(33-27-14-23(30)29-22-12-7-18(25)13-21(22)26)24(31)28-19-8-10-20(11-9-19)32-15-17-5-3-2-4-6-17/h2-14,16H,15H2,1H3,(H,28,31)(H,29,30)/b27-14+. The molecule has 1 unspecified atom stereocenters. The van der Waals surface area contributed by atoms with E-state index in [0.717, 1.165) is 23.9 Å². The van der Waals surface area contributed by atoms with Gasteiger partial charge < -0.3 is 20.2 Å². The molecule has 1 atom stereocenters. The number of amides is 2. The normalized spacial score (nSPS) is 11.6. The highest BCUT2D eigenvalue weighted by atomic mass is 19.1. The van der Waals surface area contributed by atoms with E-state index in [1.54, 1.807) is 24.3 Å². The first-order valence-electron chi connectivity index (χ1n) is 9.93. The molecule has 0 aliphatic heterocycles. The Labute approximate surface area is 189 Å². The Hall–Kier alpha value is -4.27. The summed E-state index contributed by atoms with van der Waals surface area (Å²) in [6.07, 6.45) is -0.267. The lowest BCUT2D eigenvalue weighted by Crippen LogP contribution is -2.26. The van der Waals surface area contributed by atoms with Gasteiger partial charge in [-0.1, -0.05) is 35.5 Å². The highest BCUT2D eigenvalue weighted by molar-refractivity contribution is 6.31. The van der Waals surface area contributed by atoms with Crippen LogP contribution >= 0.6 is 0 Å². The second-order valence-electron chi connectivity index (χ2n) is 6.88. The SMILES string of the molecule is CC(O/N=C/C(=O)Nc1ccc(F)cc1F)C(=O)Nc1ccc(OCc2ccccc2)cc1. The van der Waals surface area contributed by atoms with E-state index in [4.69, 9.17) is 9.57 Å². The van der Waals surface area contributed by atoms with Gasteiger partial charge in [-0.2, -0.15) is 0 Å². The van der Waals surface area contributed by atoms with Crippen molar-refractivity contribution in [3.63, 3.8) is 0 Å². The van der Waals surface area contributed by atoms with E-state index in [1.165, 1.54) is 6.92 Å². The van der Waals surface area contributed by atoms with E-state index in [2.05, 4.69) is 15.8 Å². The fraction of sp³-hybridized carbons (Fsp3) is 0.125. The van der Waals surface area contributed by atoms with Crippen LogP contribution in [0.1, 0.15) is 12.5 Å². The quantitative estimate of drug-likeness (QED) is 0.369. The zero-order chi connectivity index (χ0) is 23.6. The molecule has 0 spiro atoms. The van der Waals surface area contributed by atoms with Gasteiger partial charge in [0.1, 0.15) is 30.2 Å². The molecule has 0 saturated heterocycles. The predicted octanol–water partition coefficient (Wildman–Crippen LogP) is 4.51. The van der Waals surface area contributed by atoms with Gasteiger partial charge in [-0.15, -0.1) is 0 Å². The summed E-state index contributed by atoms with van der Waals surface area (Å²) < 4.78 is 32.1. The first-order chi connectivity index (χ1) is 15.9. The molecule has 2 amide bonds. The summed E-state index contributed by atoms with van der Waals surface area (Å²) in [5.41, 5.74) is 1.35. The fourth-order valence-electron chi connectivity index (χ4n) is 2.59. The molecule has 170 valence electrons. The van der Waals surface area contributed by atoms with E-state index in [9.17, 15) is 18.4 Å². The number of rotatable bonds is 9. The van der Waals surface area contributed by atoms with E-state index in [0.29, 0.717) is 24.1 Å². The van der Waals surface area contributed by atoms with E-state index in [1.807, 2.05) is 30.3 Å². The average molecular weight is 453 g/mol. The molecule has 0 aromatic heterocycles. The number of anilines is 2. The molecule has 3 rings (SSSR count). The number of nitrogens with one attached hydrogen (secondary N) is 2. The van der Waals surface area contributed by atoms with Crippen LogP contribution in [0.2, 0.25) is 0 Å². The predicted molar refractivity (Wildman–Crippen MR) is 120 cm³/mol. The number of hydrogen-bond acceptors (Lipinski definition) is 5. The van der Waals surface area contributed by atoms with Gasteiger partial charge in [0.2, 0.25) is 6.10 Å². The second kappa shape index (κ2) is 11.4. The Balaban J connectivity index is 1.43. The van der Waals surface area contributed by atoms with E-state index < -0.39 is 29.6 Å². The van der Waals surface area contributed by atoms with Crippen LogP contribution in [0, 0.1) is 11.6 Å². The molecule has 0 fully saturated rings. The molecule has 0 aliphatic carbocycles. The van der Waals surface area contributed by atoms with Crippen molar-refractivity contribution < 1.29 is 27.9 Å². The molecule has 0 bridgehead atoms. The molecule has 9 heteroatoms. The maximum absolute atomic E-state index is 13.5. The van der Waals surface area contributed by atoms with Gasteiger partial charge in [0.05, 0.1) is 5.69 Å². The number of ether oxygens (including phenoxy) is 1. The third kappa shape index (κ3) is 7.42. The monoisotopic (exact) mass is 453 g/mol. The van der Waals surface area contributed by atoms with Crippen LogP contribution < -0.4 is 15.4 Å². The smallest absolute Gasteiger partial charge is 0.270 e. The lowest BCUT2D eigenvalue weighted by Gasteiger charge is -2.11. The number of benzene rings is 3. The van der Waals surface area contributed by atoms with Crippen LogP contribution in [-0.2, 0) is 21.0 Å². The molecule has 0 heterocycles. The Kier molecular flexibility index (Phi) is 8.07. The van der Waals surface area contributed by atoms with Crippen molar-refractivity contribution in [3.05, 3.63) is 90.0 Å². The van der Waals surface area contributed by atoms with Crippen LogP contribution in [0.5, 0.6) is 5.75 Å². The van der Waals surface area contributed by atoms with Crippen molar-refractivity contribution in [2.75, 3.05) is 10.6 Å². The van der Waals surface area contributed by atoms with Gasteiger partial charge in [0, 0.05) is 11.8 Å². The van der Waals surface area contributed by atoms with Gasteiger partial charge >= 0.3 is 0 Å². The van der Waals surface area contributed by atoms with Crippen molar-refractivity contribution >= 4 is 29.4 Å². The fourth-order valence-corrected chi connectivity index (χ4v) is 2.59. The minimum atomic E-state index is -1.01. The summed E-state index contributed by atoms with van der Waals surface area (Å²) >= 11 is 0. The minimum Gasteiger partial charge on any atom is -0.489 e. The Morgan fingerprint density at radius 2 is 1.73 bits per heavy atom. The Morgan fingerprint density at radius 3 is 2.42 bits per heavy atom. The number of nitrogens with zero attached hydrogens (tertiary/aromatic N) is 1. The van der Waals surface area contributed by atoms with E-state index in [-0.39, 0.29) is 5.69 Å². The van der Waals surface area contributed by atoms with Crippen LogP contribution in [0.25, 0.3) is 0 Å². The number of oxime groups is 1. The highest BCUT2D eigenvalue weighted by Crippen LogP contribution is 2.18. The van der Waals surface area contributed by atoms with Gasteiger partial charge in [-0.05, 0) is 48.9 Å². The van der Waals surface area contributed by atoms with Crippen molar-refractivity contribution in [1.29, 1.82) is 0 Å². The minimum absolute atomic E-state index is 0.213. The lowest BCUT2D eigenvalue weighted by molar-refractivity contribution is -0.126. The van der Waals surface area contributed by atoms with Crippen molar-refractivity contribution in [3.8, 4) is 5.75 Å². The molecule has 3 aromatic rings. The largest absolute Gasteiger partial charge is 0.489 e. The summed E-state index contributed by atoms with van der Waals surface area (Å²) in [5.74, 6) is -2.35. The molecule has 0 radical (unpaired) electrons. The number of halogens is 2. The topological polar surface area (TPSA) is 89.0 Å². The first kappa shape index (κ1) is 23.4. The zero-order valence-electron chi connectivity index (χ0n) is 17.6. The van der Waals surface area contributed by atoms with Crippen molar-refractivity contribution in [1.82, 2.24) is 0 Å². The molecule has 33 heavy (non-hydrogen) atoms. The van der Waals surface area contributed by atoms with Crippen molar-refractivity contribution in [2.45, 2.75) is 19.6 Å². The third-order valence-corrected chi connectivity index (χ3v) is 4.32. The Bertz CT molecular complexity index is 1120. The molecular weight excluding hydrogens is 432 g/mol. The number of carbonyl (C=O) groups is 2. The second-order valence-corrected chi connectivity index (χ2v) is 6.88. The van der Waals surface area contributed by atoms with Gasteiger partial charge in [-0.25, -0.2) is 8.78 Å². The van der Waals surface area contributed by atoms with Crippen LogP contribution in [0.4, 0.5) is 20.2 Å². The van der Waals surface area contributed by atoms with E-state index >= 15 is 0 Å². The summed E-state index contributed by atoms with van der Waals surface area (Å²) in [6, 6.07) is 19.2. The molecule has 2 N–H and O–H groups in total. The van der Waals surface area contributed by atoms with Crippen molar-refractivity contribution in [2.24, 2.45) is 5.16 Å². The molecule has 0 saturated carbocycles. The zero-order valence-corrected chi connectivity index (χ0v) is 17.6. The molecule has 3 aromatic carbocycles. The number of hydrogen-bond donors (Lipinski definition) is 2. The molecule has 0 aliphatic rings. The number of carbonyl (C=O) groups excluding carboxylic acids is 2.